The van der Waals surface area contributed by atoms with E-state index in [0.29, 0.717) is 0 Å². The quantitative estimate of drug-likeness (QED) is 0.737. The van der Waals surface area contributed by atoms with Crippen molar-refractivity contribution in [3.05, 3.63) is 33.7 Å². The first kappa shape index (κ1) is 13.6. The van der Waals surface area contributed by atoms with E-state index >= 15 is 0 Å². The van der Waals surface area contributed by atoms with Crippen molar-refractivity contribution in [1.82, 2.24) is 0 Å². The van der Waals surface area contributed by atoms with Crippen LogP contribution in [0.1, 0.15) is 30.8 Å². The summed E-state index contributed by atoms with van der Waals surface area (Å²) in [4.78, 5) is 1.44. The van der Waals surface area contributed by atoms with Gasteiger partial charge in [0, 0.05) is 12.1 Å². The molecule has 1 heterocycles. The van der Waals surface area contributed by atoms with Crippen LogP contribution in [-0.4, -0.2) is 6.26 Å². The number of rotatable bonds is 4. The van der Waals surface area contributed by atoms with Crippen LogP contribution in [0.2, 0.25) is 0 Å². The molecule has 0 bridgehead atoms. The third-order valence-electron chi connectivity index (χ3n) is 3.10. The van der Waals surface area contributed by atoms with Gasteiger partial charge >= 0.3 is 0 Å². The fourth-order valence-electron chi connectivity index (χ4n) is 2.09. The predicted molar refractivity (Wildman–Crippen MR) is 84.2 cm³/mol. The van der Waals surface area contributed by atoms with Crippen LogP contribution in [0.5, 0.6) is 0 Å². The van der Waals surface area contributed by atoms with E-state index in [2.05, 4.69) is 55.9 Å². The van der Waals surface area contributed by atoms with E-state index in [0.717, 1.165) is 13.0 Å². The molecule has 2 rings (SSSR count). The third kappa shape index (κ3) is 2.62. The summed E-state index contributed by atoms with van der Waals surface area (Å²) in [6.45, 7) is 7.62. The van der Waals surface area contributed by atoms with Crippen LogP contribution in [-0.2, 0) is 6.54 Å². The van der Waals surface area contributed by atoms with Gasteiger partial charge in [-0.25, -0.2) is 0 Å². The molecule has 0 radical (unpaired) electrons. The van der Waals surface area contributed by atoms with Crippen LogP contribution in [0.4, 0.5) is 0 Å². The SMILES string of the molecule is CC/C(=C\c1sc2ccc(C)cc2[n+]1CC)SC. The molecule has 1 aromatic carbocycles. The minimum atomic E-state index is 1.03. The average Bonchev–Trinajstić information content (AvgIpc) is 2.72. The van der Waals surface area contributed by atoms with E-state index in [4.69, 9.17) is 0 Å². The predicted octanol–water partition coefficient (Wildman–Crippen LogP) is 4.63. The van der Waals surface area contributed by atoms with Gasteiger partial charge in [-0.3, -0.25) is 0 Å². The Morgan fingerprint density at radius 2 is 2.17 bits per heavy atom. The lowest BCUT2D eigenvalue weighted by Crippen LogP contribution is -2.33. The normalized spacial score (nSPS) is 12.3. The second kappa shape index (κ2) is 5.89. The van der Waals surface area contributed by atoms with Crippen LogP contribution in [0.25, 0.3) is 16.3 Å². The lowest BCUT2D eigenvalue weighted by molar-refractivity contribution is -0.665. The summed E-state index contributed by atoms with van der Waals surface area (Å²) in [6, 6.07) is 6.72. The van der Waals surface area contributed by atoms with Gasteiger partial charge in [0.2, 0.25) is 5.52 Å². The second-order valence-electron chi connectivity index (χ2n) is 4.32. The summed E-state index contributed by atoms with van der Waals surface area (Å²) in [5.41, 5.74) is 2.70. The zero-order valence-corrected chi connectivity index (χ0v) is 13.1. The molecular weight excluding hydrogens is 258 g/mol. The van der Waals surface area contributed by atoms with Crippen LogP contribution in [0.15, 0.2) is 23.1 Å². The van der Waals surface area contributed by atoms with Gasteiger partial charge in [-0.2, -0.15) is 4.57 Å². The van der Waals surface area contributed by atoms with Gasteiger partial charge < -0.3 is 0 Å². The minimum absolute atomic E-state index is 1.03. The first-order valence-electron chi connectivity index (χ1n) is 6.37. The van der Waals surface area contributed by atoms with Gasteiger partial charge in [0.15, 0.2) is 0 Å². The highest BCUT2D eigenvalue weighted by molar-refractivity contribution is 8.02. The van der Waals surface area contributed by atoms with E-state index in [1.807, 2.05) is 23.1 Å². The summed E-state index contributed by atoms with van der Waals surface area (Å²) in [6.07, 6.45) is 5.61. The number of nitrogens with zero attached hydrogens (tertiary/aromatic N) is 1. The number of aryl methyl sites for hydroxylation is 2. The van der Waals surface area contributed by atoms with E-state index in [-0.39, 0.29) is 0 Å². The van der Waals surface area contributed by atoms with Crippen molar-refractivity contribution in [3.63, 3.8) is 0 Å². The minimum Gasteiger partial charge on any atom is -0.182 e. The maximum absolute atomic E-state index is 2.42. The van der Waals surface area contributed by atoms with Crippen LogP contribution in [0.3, 0.4) is 0 Å². The highest BCUT2D eigenvalue weighted by atomic mass is 32.2. The van der Waals surface area contributed by atoms with Crippen molar-refractivity contribution < 1.29 is 4.57 Å². The van der Waals surface area contributed by atoms with Gasteiger partial charge in [0.25, 0.3) is 5.01 Å². The van der Waals surface area contributed by atoms with Gasteiger partial charge in [-0.05, 0) is 43.1 Å². The fourth-order valence-corrected chi connectivity index (χ4v) is 3.85. The topological polar surface area (TPSA) is 3.88 Å². The molecule has 1 nitrogen and oxygen atoms in total. The molecule has 0 N–H and O–H groups in total. The number of fused-ring (bicyclic) bond motifs is 1. The first-order valence-corrected chi connectivity index (χ1v) is 8.41. The number of aromatic nitrogens is 1. The van der Waals surface area contributed by atoms with Crippen molar-refractivity contribution in [3.8, 4) is 0 Å². The number of allylic oxidation sites excluding steroid dienone is 1. The van der Waals surface area contributed by atoms with Gasteiger partial charge in [-0.1, -0.05) is 24.3 Å². The average molecular weight is 278 g/mol. The van der Waals surface area contributed by atoms with Crippen molar-refractivity contribution in [2.75, 3.05) is 6.26 Å². The van der Waals surface area contributed by atoms with Crippen LogP contribution >= 0.6 is 23.1 Å². The Hall–Kier alpha value is -0.800. The number of thioether (sulfide) groups is 1. The first-order chi connectivity index (χ1) is 8.69. The smallest absolute Gasteiger partial charge is 0.182 e. The monoisotopic (exact) mass is 278 g/mol. The Morgan fingerprint density at radius 3 is 2.78 bits per heavy atom. The molecule has 3 heteroatoms. The molecule has 0 aliphatic rings. The maximum atomic E-state index is 2.42. The highest BCUT2D eigenvalue weighted by Gasteiger charge is 2.17. The van der Waals surface area contributed by atoms with Crippen LogP contribution in [0, 0.1) is 6.92 Å². The zero-order valence-electron chi connectivity index (χ0n) is 11.5. The summed E-state index contributed by atoms with van der Waals surface area (Å²) >= 11 is 3.74. The Balaban J connectivity index is 2.60. The molecule has 18 heavy (non-hydrogen) atoms. The van der Waals surface area contributed by atoms with Crippen molar-refractivity contribution in [2.24, 2.45) is 0 Å². The molecule has 0 fully saturated rings. The molecule has 2 aromatic rings. The molecule has 0 saturated carbocycles. The number of hydrogen-bond donors (Lipinski definition) is 0. The lowest BCUT2D eigenvalue weighted by Gasteiger charge is -1.97. The third-order valence-corrected chi connectivity index (χ3v) is 5.14. The maximum Gasteiger partial charge on any atom is 0.263 e. The number of thiazole rings is 1. The molecule has 0 aliphatic heterocycles. The van der Waals surface area contributed by atoms with Gasteiger partial charge in [-0.15, -0.1) is 11.8 Å². The largest absolute Gasteiger partial charge is 0.263 e. The second-order valence-corrected chi connectivity index (χ2v) is 6.32. The summed E-state index contributed by atoms with van der Waals surface area (Å²) in [5, 5.41) is 1.37. The molecule has 1 aromatic heterocycles. The molecule has 0 unspecified atom stereocenters. The molecule has 0 aliphatic carbocycles. The Morgan fingerprint density at radius 1 is 1.39 bits per heavy atom. The molecule has 0 saturated heterocycles. The summed E-state index contributed by atoms with van der Waals surface area (Å²) in [7, 11) is 0. The number of hydrogen-bond acceptors (Lipinski definition) is 2. The Labute approximate surface area is 118 Å². The Bertz CT molecular complexity index is 575. The molecule has 0 atom stereocenters. The van der Waals surface area contributed by atoms with Gasteiger partial charge in [0.05, 0.1) is 0 Å². The lowest BCUT2D eigenvalue weighted by atomic mass is 10.2. The Kier molecular flexibility index (Phi) is 4.46. The molecule has 0 amide bonds. The standard InChI is InChI=1S/C15H20NS2/c1-5-12(17-4)10-15-16(6-2)13-9-11(3)7-8-14(13)18-15/h7-10H,5-6H2,1-4H3/q+1/b12-10+. The van der Waals surface area contributed by atoms with E-state index in [9.17, 15) is 0 Å². The number of benzene rings is 1. The van der Waals surface area contributed by atoms with E-state index in [1.54, 1.807) is 0 Å². The molecule has 96 valence electrons. The molecular formula is C15H20NS2+. The van der Waals surface area contributed by atoms with Gasteiger partial charge in [0.1, 0.15) is 11.2 Å². The van der Waals surface area contributed by atoms with Crippen molar-refractivity contribution in [2.45, 2.75) is 33.7 Å². The molecule has 0 spiro atoms. The van der Waals surface area contributed by atoms with Crippen molar-refractivity contribution >= 4 is 39.4 Å². The summed E-state index contributed by atoms with van der Waals surface area (Å²) in [5.74, 6) is 0. The van der Waals surface area contributed by atoms with Crippen LogP contribution < -0.4 is 4.57 Å². The highest BCUT2D eigenvalue weighted by Crippen LogP contribution is 2.26. The van der Waals surface area contributed by atoms with E-state index in [1.165, 1.54) is 25.7 Å². The summed E-state index contributed by atoms with van der Waals surface area (Å²) < 4.78 is 3.80. The zero-order chi connectivity index (χ0) is 13.1. The van der Waals surface area contributed by atoms with E-state index < -0.39 is 0 Å². The fraction of sp³-hybridized carbons (Fsp3) is 0.400. The van der Waals surface area contributed by atoms with Crippen molar-refractivity contribution in [1.29, 1.82) is 0 Å².